The van der Waals surface area contributed by atoms with Crippen LogP contribution in [0.3, 0.4) is 0 Å². The summed E-state index contributed by atoms with van der Waals surface area (Å²) in [5.41, 5.74) is 0.211. The van der Waals surface area contributed by atoms with Crippen molar-refractivity contribution in [2.75, 3.05) is 6.54 Å². The number of H-pyrrole nitrogens is 1. The summed E-state index contributed by atoms with van der Waals surface area (Å²) in [4.78, 5) is 22.4. The highest BCUT2D eigenvalue weighted by Gasteiger charge is 2.38. The Morgan fingerprint density at radius 2 is 2.18 bits per heavy atom. The van der Waals surface area contributed by atoms with E-state index in [4.69, 9.17) is 0 Å². The number of hydrogen-bond acceptors (Lipinski definition) is 5. The van der Waals surface area contributed by atoms with Crippen molar-refractivity contribution < 1.29 is 8.42 Å². The van der Waals surface area contributed by atoms with Gasteiger partial charge in [0.1, 0.15) is 5.82 Å². The fraction of sp³-hybridized carbons (Fsp3) is 0.462. The number of imidazole rings is 1. The average molecular weight is 323 g/mol. The van der Waals surface area contributed by atoms with E-state index in [-0.39, 0.29) is 10.6 Å². The van der Waals surface area contributed by atoms with Crippen molar-refractivity contribution in [3.8, 4) is 0 Å². The minimum absolute atomic E-state index is 0.0171. The van der Waals surface area contributed by atoms with E-state index in [2.05, 4.69) is 15.0 Å². The molecule has 0 spiro atoms. The second-order valence-electron chi connectivity index (χ2n) is 5.41. The van der Waals surface area contributed by atoms with Crippen molar-refractivity contribution >= 4 is 10.0 Å². The summed E-state index contributed by atoms with van der Waals surface area (Å²) in [6.45, 7) is 2.08. The number of sulfonamides is 1. The maximum atomic E-state index is 12.7. The normalized spacial score (nSPS) is 19.6. The molecule has 3 heterocycles. The number of hydrogen-bond donors (Lipinski definition) is 1. The standard InChI is InChI=1S/C13H17N5O3S/c1-9-15-10(6-12(19)16-9)11-4-3-5-18(11)22(20,21)13-7-17(2)8-14-13/h6-8,11H,3-5H2,1-2H3,(H,15,16,19)/t11-/m0/s1. The molecule has 0 aromatic carbocycles. The van der Waals surface area contributed by atoms with Crippen LogP contribution in [0.4, 0.5) is 0 Å². The molecule has 8 nitrogen and oxygen atoms in total. The van der Waals surface area contributed by atoms with Crippen molar-refractivity contribution in [2.45, 2.75) is 30.8 Å². The number of nitrogens with one attached hydrogen (secondary N) is 1. The van der Waals surface area contributed by atoms with Crippen LogP contribution in [0.25, 0.3) is 0 Å². The van der Waals surface area contributed by atoms with Gasteiger partial charge in [0.15, 0.2) is 5.03 Å². The molecule has 1 aliphatic heterocycles. The quantitative estimate of drug-likeness (QED) is 0.877. The van der Waals surface area contributed by atoms with Crippen LogP contribution in [-0.2, 0) is 17.1 Å². The summed E-state index contributed by atoms with van der Waals surface area (Å²) in [5.74, 6) is 0.476. The molecule has 9 heteroatoms. The lowest BCUT2D eigenvalue weighted by atomic mass is 10.1. The van der Waals surface area contributed by atoms with E-state index in [1.54, 1.807) is 18.5 Å². The first-order valence-corrected chi connectivity index (χ1v) is 8.39. The first-order valence-electron chi connectivity index (χ1n) is 6.95. The summed E-state index contributed by atoms with van der Waals surface area (Å²) < 4.78 is 28.5. The molecule has 2 aromatic heterocycles. The largest absolute Gasteiger partial charge is 0.339 e. The molecule has 1 aliphatic rings. The van der Waals surface area contributed by atoms with E-state index in [0.29, 0.717) is 24.5 Å². The SMILES string of the molecule is Cc1nc([C@@H]2CCCN2S(=O)(=O)c2cn(C)cn2)cc(=O)[nH]1. The van der Waals surface area contributed by atoms with Gasteiger partial charge in [0.2, 0.25) is 0 Å². The van der Waals surface area contributed by atoms with Gasteiger partial charge in [-0.15, -0.1) is 0 Å². The molecule has 1 saturated heterocycles. The van der Waals surface area contributed by atoms with Crippen molar-refractivity contribution in [1.29, 1.82) is 0 Å². The Labute approximate surface area is 127 Å². The topological polar surface area (TPSA) is 101 Å². The van der Waals surface area contributed by atoms with Crippen LogP contribution in [0.15, 0.2) is 28.4 Å². The molecular formula is C13H17N5O3S. The third-order valence-corrected chi connectivity index (χ3v) is 5.47. The third kappa shape index (κ3) is 2.57. The number of rotatable bonds is 3. The van der Waals surface area contributed by atoms with E-state index >= 15 is 0 Å². The Balaban J connectivity index is 2.01. The van der Waals surface area contributed by atoms with E-state index in [0.717, 1.165) is 6.42 Å². The zero-order valence-electron chi connectivity index (χ0n) is 12.4. The number of aromatic nitrogens is 4. The minimum atomic E-state index is -3.69. The Hall–Kier alpha value is -2.00. The first kappa shape index (κ1) is 14.9. The third-order valence-electron chi connectivity index (χ3n) is 3.68. The van der Waals surface area contributed by atoms with Gasteiger partial charge in [0.25, 0.3) is 15.6 Å². The molecule has 0 amide bonds. The van der Waals surface area contributed by atoms with Gasteiger partial charge in [0.05, 0.1) is 18.1 Å². The van der Waals surface area contributed by atoms with E-state index < -0.39 is 16.1 Å². The van der Waals surface area contributed by atoms with Crippen molar-refractivity contribution in [1.82, 2.24) is 23.8 Å². The van der Waals surface area contributed by atoms with E-state index in [1.165, 1.54) is 22.9 Å². The summed E-state index contributed by atoms with van der Waals surface area (Å²) in [7, 11) is -1.97. The summed E-state index contributed by atoms with van der Waals surface area (Å²) in [6, 6.07) is 0.942. The molecule has 0 unspecified atom stereocenters. The molecule has 22 heavy (non-hydrogen) atoms. The number of nitrogens with zero attached hydrogens (tertiary/aromatic N) is 4. The van der Waals surface area contributed by atoms with Gasteiger partial charge in [0, 0.05) is 25.9 Å². The molecule has 1 N–H and O–H groups in total. The molecule has 1 fully saturated rings. The second kappa shape index (κ2) is 5.33. The lowest BCUT2D eigenvalue weighted by Gasteiger charge is -2.22. The Morgan fingerprint density at radius 1 is 1.41 bits per heavy atom. The smallest absolute Gasteiger partial charge is 0.262 e. The first-order chi connectivity index (χ1) is 10.4. The molecule has 0 bridgehead atoms. The monoisotopic (exact) mass is 323 g/mol. The van der Waals surface area contributed by atoms with Gasteiger partial charge in [-0.2, -0.15) is 4.31 Å². The van der Waals surface area contributed by atoms with E-state index in [9.17, 15) is 13.2 Å². The van der Waals surface area contributed by atoms with Gasteiger partial charge in [-0.05, 0) is 19.8 Å². The molecule has 0 radical (unpaired) electrons. The summed E-state index contributed by atoms with van der Waals surface area (Å²) >= 11 is 0. The minimum Gasteiger partial charge on any atom is -0.339 e. The molecular weight excluding hydrogens is 306 g/mol. The zero-order valence-corrected chi connectivity index (χ0v) is 13.2. The molecule has 0 saturated carbocycles. The Morgan fingerprint density at radius 3 is 2.82 bits per heavy atom. The van der Waals surface area contributed by atoms with Crippen LogP contribution < -0.4 is 5.56 Å². The maximum absolute atomic E-state index is 12.7. The summed E-state index contributed by atoms with van der Waals surface area (Å²) in [6.07, 6.45) is 4.29. The predicted octanol–water partition coefficient (Wildman–Crippen LogP) is 0.338. The highest BCUT2D eigenvalue weighted by Crippen LogP contribution is 2.34. The molecule has 118 valence electrons. The maximum Gasteiger partial charge on any atom is 0.262 e. The number of aromatic amines is 1. The van der Waals surface area contributed by atoms with Crippen LogP contribution >= 0.6 is 0 Å². The molecule has 1 atom stereocenters. The Kier molecular flexibility index (Phi) is 3.61. The van der Waals surface area contributed by atoms with Crippen molar-refractivity contribution in [3.05, 3.63) is 40.5 Å². The Bertz CT molecular complexity index is 855. The van der Waals surface area contributed by atoms with Gasteiger partial charge < -0.3 is 9.55 Å². The fourth-order valence-corrected chi connectivity index (χ4v) is 4.38. The predicted molar refractivity (Wildman–Crippen MR) is 78.7 cm³/mol. The summed E-state index contributed by atoms with van der Waals surface area (Å²) in [5, 5.41) is 0.0171. The van der Waals surface area contributed by atoms with Crippen LogP contribution in [-0.4, -0.2) is 38.8 Å². The van der Waals surface area contributed by atoms with Crippen molar-refractivity contribution in [3.63, 3.8) is 0 Å². The number of aryl methyl sites for hydroxylation is 2. The van der Waals surface area contributed by atoms with Gasteiger partial charge >= 0.3 is 0 Å². The average Bonchev–Trinajstić information content (AvgIpc) is 3.06. The van der Waals surface area contributed by atoms with Gasteiger partial charge in [-0.3, -0.25) is 4.79 Å². The van der Waals surface area contributed by atoms with Crippen LogP contribution in [0.5, 0.6) is 0 Å². The van der Waals surface area contributed by atoms with Gasteiger partial charge in [-0.1, -0.05) is 0 Å². The highest BCUT2D eigenvalue weighted by molar-refractivity contribution is 7.89. The van der Waals surface area contributed by atoms with Crippen LogP contribution in [0.2, 0.25) is 0 Å². The highest BCUT2D eigenvalue weighted by atomic mass is 32.2. The fourth-order valence-electron chi connectivity index (χ4n) is 2.74. The molecule has 0 aliphatic carbocycles. The second-order valence-corrected chi connectivity index (χ2v) is 7.24. The van der Waals surface area contributed by atoms with Crippen LogP contribution in [0.1, 0.15) is 30.4 Å². The lowest BCUT2D eigenvalue weighted by molar-refractivity contribution is 0.388. The zero-order chi connectivity index (χ0) is 15.9. The van der Waals surface area contributed by atoms with Crippen LogP contribution in [0, 0.1) is 6.92 Å². The lowest BCUT2D eigenvalue weighted by Crippen LogP contribution is -2.32. The van der Waals surface area contributed by atoms with Gasteiger partial charge in [-0.25, -0.2) is 18.4 Å². The van der Waals surface area contributed by atoms with E-state index in [1.807, 2.05) is 0 Å². The molecule has 3 rings (SSSR count). The molecule has 2 aromatic rings. The van der Waals surface area contributed by atoms with Crippen molar-refractivity contribution in [2.24, 2.45) is 7.05 Å².